The van der Waals surface area contributed by atoms with E-state index < -0.39 is 0 Å². The molecule has 6 nitrogen and oxygen atoms in total. The summed E-state index contributed by atoms with van der Waals surface area (Å²) in [5, 5.41) is 12.4. The minimum Gasteiger partial charge on any atom is -0.372 e. The van der Waals surface area contributed by atoms with Crippen molar-refractivity contribution in [1.82, 2.24) is 24.9 Å². The highest BCUT2D eigenvalue weighted by atomic mass is 16.5. The van der Waals surface area contributed by atoms with E-state index in [0.717, 1.165) is 31.6 Å². The van der Waals surface area contributed by atoms with Crippen LogP contribution in [0.15, 0.2) is 24.8 Å². The van der Waals surface area contributed by atoms with Gasteiger partial charge in [-0.05, 0) is 33.6 Å². The van der Waals surface area contributed by atoms with E-state index in [9.17, 15) is 0 Å². The van der Waals surface area contributed by atoms with Crippen molar-refractivity contribution in [3.05, 3.63) is 35.9 Å². The first kappa shape index (κ1) is 16.2. The molecule has 2 aromatic rings. The zero-order valence-corrected chi connectivity index (χ0v) is 14.5. The standard InChI is InChI=1S/C17H27N5O/c1-17(2,3)22-11-13(9-20-22)8-18-15-6-5-7-23-16(15)14-10-19-21(4)12-14/h9-12,15-16,18H,5-8H2,1-4H3/t15-,16+/m0/s1. The van der Waals surface area contributed by atoms with Crippen LogP contribution < -0.4 is 5.32 Å². The fraction of sp³-hybridized carbons (Fsp3) is 0.647. The van der Waals surface area contributed by atoms with Gasteiger partial charge in [0.05, 0.1) is 17.9 Å². The molecule has 0 saturated carbocycles. The number of aromatic nitrogens is 4. The average Bonchev–Trinajstić information content (AvgIpc) is 3.14. The highest BCUT2D eigenvalue weighted by Gasteiger charge is 2.28. The van der Waals surface area contributed by atoms with E-state index in [1.165, 1.54) is 5.56 Å². The number of hydrogen-bond donors (Lipinski definition) is 1. The monoisotopic (exact) mass is 317 g/mol. The molecule has 1 aliphatic rings. The molecule has 1 N–H and O–H groups in total. The van der Waals surface area contributed by atoms with Gasteiger partial charge in [0.15, 0.2) is 0 Å². The smallest absolute Gasteiger partial charge is 0.101 e. The lowest BCUT2D eigenvalue weighted by molar-refractivity contribution is -0.0112. The Morgan fingerprint density at radius 2 is 2.09 bits per heavy atom. The molecule has 1 aliphatic heterocycles. The second-order valence-corrected chi connectivity index (χ2v) is 7.33. The van der Waals surface area contributed by atoms with E-state index >= 15 is 0 Å². The fourth-order valence-electron chi connectivity index (χ4n) is 2.97. The van der Waals surface area contributed by atoms with Crippen LogP contribution in [-0.2, 0) is 23.9 Å². The van der Waals surface area contributed by atoms with Crippen molar-refractivity contribution in [2.75, 3.05) is 6.61 Å². The summed E-state index contributed by atoms with van der Waals surface area (Å²) < 4.78 is 9.85. The molecule has 0 unspecified atom stereocenters. The predicted octanol–water partition coefficient (Wildman–Crippen LogP) is 2.38. The van der Waals surface area contributed by atoms with Crippen LogP contribution in [0, 0.1) is 0 Å². The molecule has 1 fully saturated rings. The van der Waals surface area contributed by atoms with Gasteiger partial charge in [-0.25, -0.2) is 0 Å². The summed E-state index contributed by atoms with van der Waals surface area (Å²) in [6, 6.07) is 0.311. The van der Waals surface area contributed by atoms with Gasteiger partial charge in [-0.1, -0.05) is 0 Å². The maximum Gasteiger partial charge on any atom is 0.101 e. The zero-order chi connectivity index (χ0) is 16.4. The molecule has 0 amide bonds. The molecule has 126 valence electrons. The summed E-state index contributed by atoms with van der Waals surface area (Å²) in [6.07, 6.45) is 10.3. The number of hydrogen-bond acceptors (Lipinski definition) is 4. The van der Waals surface area contributed by atoms with Gasteiger partial charge < -0.3 is 10.1 Å². The number of rotatable bonds is 4. The number of aryl methyl sites for hydroxylation is 1. The van der Waals surface area contributed by atoms with Crippen molar-refractivity contribution in [1.29, 1.82) is 0 Å². The maximum absolute atomic E-state index is 6.00. The van der Waals surface area contributed by atoms with Crippen LogP contribution in [0.25, 0.3) is 0 Å². The van der Waals surface area contributed by atoms with E-state index in [4.69, 9.17) is 4.74 Å². The second-order valence-electron chi connectivity index (χ2n) is 7.33. The third-order valence-corrected chi connectivity index (χ3v) is 4.27. The third kappa shape index (κ3) is 3.82. The topological polar surface area (TPSA) is 56.9 Å². The Morgan fingerprint density at radius 1 is 1.26 bits per heavy atom. The van der Waals surface area contributed by atoms with Gasteiger partial charge in [-0.3, -0.25) is 9.36 Å². The molecule has 2 atom stereocenters. The molecule has 0 spiro atoms. The fourth-order valence-corrected chi connectivity index (χ4v) is 2.97. The van der Waals surface area contributed by atoms with Crippen LogP contribution in [0.5, 0.6) is 0 Å². The molecule has 6 heteroatoms. The minimum absolute atomic E-state index is 0.0183. The zero-order valence-electron chi connectivity index (χ0n) is 14.5. The van der Waals surface area contributed by atoms with E-state index in [-0.39, 0.29) is 11.6 Å². The Kier molecular flexibility index (Phi) is 4.55. The molecular weight excluding hydrogens is 290 g/mol. The van der Waals surface area contributed by atoms with Crippen molar-refractivity contribution in [2.45, 2.75) is 57.8 Å². The Labute approximate surface area is 137 Å². The average molecular weight is 317 g/mol. The van der Waals surface area contributed by atoms with Crippen molar-refractivity contribution in [3.8, 4) is 0 Å². The lowest BCUT2D eigenvalue weighted by atomic mass is 9.98. The first-order valence-electron chi connectivity index (χ1n) is 8.31. The summed E-state index contributed by atoms with van der Waals surface area (Å²) in [5.41, 5.74) is 2.37. The van der Waals surface area contributed by atoms with Crippen molar-refractivity contribution >= 4 is 0 Å². The summed E-state index contributed by atoms with van der Waals surface area (Å²) >= 11 is 0. The quantitative estimate of drug-likeness (QED) is 0.940. The molecule has 0 aromatic carbocycles. The second kappa shape index (κ2) is 6.45. The van der Waals surface area contributed by atoms with Gasteiger partial charge >= 0.3 is 0 Å². The highest BCUT2D eigenvalue weighted by Crippen LogP contribution is 2.28. The summed E-state index contributed by atoms with van der Waals surface area (Å²) in [7, 11) is 1.94. The minimum atomic E-state index is 0.0183. The van der Waals surface area contributed by atoms with Crippen molar-refractivity contribution in [3.63, 3.8) is 0 Å². The maximum atomic E-state index is 6.00. The van der Waals surface area contributed by atoms with Crippen molar-refractivity contribution in [2.24, 2.45) is 7.05 Å². The van der Waals surface area contributed by atoms with E-state index in [0.29, 0.717) is 6.04 Å². The third-order valence-electron chi connectivity index (χ3n) is 4.27. The Balaban J connectivity index is 1.64. The molecule has 1 saturated heterocycles. The summed E-state index contributed by atoms with van der Waals surface area (Å²) in [4.78, 5) is 0. The largest absolute Gasteiger partial charge is 0.372 e. The first-order chi connectivity index (χ1) is 10.9. The van der Waals surface area contributed by atoms with Crippen LogP contribution in [0.3, 0.4) is 0 Å². The van der Waals surface area contributed by atoms with Crippen LogP contribution in [0.2, 0.25) is 0 Å². The molecule has 23 heavy (non-hydrogen) atoms. The summed E-state index contributed by atoms with van der Waals surface area (Å²) in [5.74, 6) is 0. The normalized spacial score (nSPS) is 22.4. The lowest BCUT2D eigenvalue weighted by Crippen LogP contribution is -2.39. The SMILES string of the molecule is Cn1cc([C@H]2OCCC[C@@H]2NCc2cnn(C(C)(C)C)c2)cn1. The molecule has 3 rings (SSSR count). The molecule has 2 aromatic heterocycles. The predicted molar refractivity (Wildman–Crippen MR) is 89.0 cm³/mol. The van der Waals surface area contributed by atoms with Crippen LogP contribution in [0.1, 0.15) is 50.8 Å². The van der Waals surface area contributed by atoms with Crippen LogP contribution >= 0.6 is 0 Å². The highest BCUT2D eigenvalue weighted by molar-refractivity contribution is 5.13. The Bertz CT molecular complexity index is 639. The number of ether oxygens (including phenoxy) is 1. The number of nitrogens with one attached hydrogen (secondary N) is 1. The van der Waals surface area contributed by atoms with Gasteiger partial charge in [0.1, 0.15) is 6.10 Å². The molecule has 0 bridgehead atoms. The lowest BCUT2D eigenvalue weighted by Gasteiger charge is -2.32. The van der Waals surface area contributed by atoms with Gasteiger partial charge in [0.2, 0.25) is 0 Å². The van der Waals surface area contributed by atoms with E-state index in [2.05, 4.69) is 42.5 Å². The van der Waals surface area contributed by atoms with Crippen LogP contribution in [0.4, 0.5) is 0 Å². The van der Waals surface area contributed by atoms with E-state index in [1.54, 1.807) is 0 Å². The van der Waals surface area contributed by atoms with Gasteiger partial charge in [0, 0.05) is 49.8 Å². The van der Waals surface area contributed by atoms with Gasteiger partial charge in [-0.15, -0.1) is 0 Å². The van der Waals surface area contributed by atoms with Gasteiger partial charge in [-0.2, -0.15) is 10.2 Å². The first-order valence-corrected chi connectivity index (χ1v) is 8.31. The summed E-state index contributed by atoms with van der Waals surface area (Å²) in [6.45, 7) is 8.10. The van der Waals surface area contributed by atoms with E-state index in [1.807, 2.05) is 35.0 Å². The molecular formula is C17H27N5O. The Morgan fingerprint density at radius 3 is 2.74 bits per heavy atom. The Hall–Kier alpha value is -1.66. The molecule has 0 aliphatic carbocycles. The molecule has 3 heterocycles. The van der Waals surface area contributed by atoms with Crippen molar-refractivity contribution < 1.29 is 4.74 Å². The van der Waals surface area contributed by atoms with Gasteiger partial charge in [0.25, 0.3) is 0 Å². The van der Waals surface area contributed by atoms with Crippen LogP contribution in [-0.4, -0.2) is 32.2 Å². The number of nitrogens with zero attached hydrogens (tertiary/aromatic N) is 4. The molecule has 0 radical (unpaired) electrons.